The van der Waals surface area contributed by atoms with E-state index in [1.165, 1.54) is 34.2 Å². The number of benzene rings is 1. The summed E-state index contributed by atoms with van der Waals surface area (Å²) in [6.07, 6.45) is 6.18. The first-order valence-corrected chi connectivity index (χ1v) is 12.3. The topological polar surface area (TPSA) is 58.1 Å². The molecule has 1 unspecified atom stereocenters. The summed E-state index contributed by atoms with van der Waals surface area (Å²) in [5.74, 6) is 1.08. The lowest BCUT2D eigenvalue weighted by Crippen LogP contribution is -2.44. The van der Waals surface area contributed by atoms with E-state index in [2.05, 4.69) is 53.7 Å². The molecule has 1 aromatic carbocycles. The average molecular weight is 435 g/mol. The second-order valence-corrected chi connectivity index (χ2v) is 10.1. The van der Waals surface area contributed by atoms with E-state index in [-0.39, 0.29) is 17.9 Å². The molecule has 0 spiro atoms. The summed E-state index contributed by atoms with van der Waals surface area (Å²) in [5, 5.41) is 6.48. The Kier molecular flexibility index (Phi) is 5.65. The second-order valence-electron chi connectivity index (χ2n) is 9.06. The van der Waals surface area contributed by atoms with E-state index in [4.69, 9.17) is 9.97 Å². The number of piperidine rings is 1. The number of nitrogens with one attached hydrogen (secondary N) is 1. The molecule has 2 aromatic heterocycles. The Hall–Kier alpha value is -2.47. The molecule has 5 nitrogen and oxygen atoms in total. The van der Waals surface area contributed by atoms with Gasteiger partial charge in [-0.3, -0.25) is 4.79 Å². The first-order valence-electron chi connectivity index (χ1n) is 11.4. The van der Waals surface area contributed by atoms with Crippen molar-refractivity contribution in [2.24, 2.45) is 5.92 Å². The highest BCUT2D eigenvalue weighted by Gasteiger charge is 2.27. The number of aryl methyl sites for hydroxylation is 3. The third-order valence-electron chi connectivity index (χ3n) is 6.71. The minimum absolute atomic E-state index is 0.0758. The Labute approximate surface area is 187 Å². The smallest absolute Gasteiger partial charge is 0.226 e. The van der Waals surface area contributed by atoms with E-state index in [1.807, 2.05) is 0 Å². The molecule has 0 radical (unpaired) electrons. The van der Waals surface area contributed by atoms with Crippen molar-refractivity contribution < 1.29 is 4.79 Å². The standard InChI is InChI=1S/C25H30N4OS/c1-16(13-21-7-4-12-31-21)26-24(30)18-8-10-29(11-9-18)25-27-17(2)22-14-19-5-3-6-20(19)15-23(22)28-25/h4,7,12,14-16,18H,3,5-6,8-11,13H2,1-2H3,(H,26,30). The number of fused-ring (bicyclic) bond motifs is 2. The third-order valence-corrected chi connectivity index (χ3v) is 7.61. The minimum Gasteiger partial charge on any atom is -0.353 e. The highest BCUT2D eigenvalue weighted by molar-refractivity contribution is 7.09. The van der Waals surface area contributed by atoms with Crippen LogP contribution >= 0.6 is 11.3 Å². The zero-order valence-electron chi connectivity index (χ0n) is 18.4. The second kappa shape index (κ2) is 8.58. The van der Waals surface area contributed by atoms with Gasteiger partial charge in [0.2, 0.25) is 11.9 Å². The lowest BCUT2D eigenvalue weighted by Gasteiger charge is -2.32. The summed E-state index contributed by atoms with van der Waals surface area (Å²) >= 11 is 1.75. The van der Waals surface area contributed by atoms with Crippen molar-refractivity contribution in [3.8, 4) is 0 Å². The molecular weight excluding hydrogens is 404 g/mol. The number of rotatable bonds is 5. The molecule has 1 atom stereocenters. The summed E-state index contributed by atoms with van der Waals surface area (Å²) in [6, 6.07) is 8.92. The summed E-state index contributed by atoms with van der Waals surface area (Å²) in [5.41, 5.74) is 5.03. The summed E-state index contributed by atoms with van der Waals surface area (Å²) < 4.78 is 0. The van der Waals surface area contributed by atoms with Crippen LogP contribution in [0.5, 0.6) is 0 Å². The number of aromatic nitrogens is 2. The van der Waals surface area contributed by atoms with Crippen LogP contribution in [0.2, 0.25) is 0 Å². The molecule has 1 aliphatic heterocycles. The van der Waals surface area contributed by atoms with Crippen LogP contribution < -0.4 is 10.2 Å². The van der Waals surface area contributed by atoms with Crippen LogP contribution in [0.3, 0.4) is 0 Å². The Morgan fingerprint density at radius 3 is 2.74 bits per heavy atom. The molecule has 1 fully saturated rings. The van der Waals surface area contributed by atoms with Crippen molar-refractivity contribution in [3.05, 3.63) is 51.3 Å². The molecule has 5 rings (SSSR count). The molecule has 6 heteroatoms. The van der Waals surface area contributed by atoms with Gasteiger partial charge in [0.15, 0.2) is 0 Å². The fraction of sp³-hybridized carbons (Fsp3) is 0.480. The van der Waals surface area contributed by atoms with Crippen LogP contribution in [0.25, 0.3) is 10.9 Å². The van der Waals surface area contributed by atoms with Crippen LogP contribution in [0.4, 0.5) is 5.95 Å². The van der Waals surface area contributed by atoms with Crippen LogP contribution in [-0.2, 0) is 24.1 Å². The van der Waals surface area contributed by atoms with E-state index in [9.17, 15) is 4.79 Å². The van der Waals surface area contributed by atoms with E-state index in [0.717, 1.165) is 55.9 Å². The van der Waals surface area contributed by atoms with Gasteiger partial charge in [-0.25, -0.2) is 9.97 Å². The predicted octanol–water partition coefficient (Wildman–Crippen LogP) is 4.45. The number of anilines is 1. The highest BCUT2D eigenvalue weighted by atomic mass is 32.1. The molecular formula is C25H30N4OS. The molecule has 1 N–H and O–H groups in total. The first-order chi connectivity index (χ1) is 15.1. The number of nitrogens with zero attached hydrogens (tertiary/aromatic N) is 3. The van der Waals surface area contributed by atoms with Crippen LogP contribution in [0.15, 0.2) is 29.6 Å². The Morgan fingerprint density at radius 2 is 2.00 bits per heavy atom. The maximum absolute atomic E-state index is 12.8. The van der Waals surface area contributed by atoms with Gasteiger partial charge in [-0.2, -0.15) is 0 Å². The lowest BCUT2D eigenvalue weighted by molar-refractivity contribution is -0.126. The van der Waals surface area contributed by atoms with Gasteiger partial charge in [-0.05, 0) is 80.7 Å². The van der Waals surface area contributed by atoms with Crippen LogP contribution in [0.1, 0.15) is 47.9 Å². The Morgan fingerprint density at radius 1 is 1.23 bits per heavy atom. The Bertz CT molecular complexity index is 1090. The number of carbonyl (C=O) groups is 1. The normalized spacial score (nSPS) is 17.7. The largest absolute Gasteiger partial charge is 0.353 e. The molecule has 162 valence electrons. The van der Waals surface area contributed by atoms with Gasteiger partial charge < -0.3 is 10.2 Å². The average Bonchev–Trinajstić information content (AvgIpc) is 3.44. The third kappa shape index (κ3) is 4.31. The molecule has 0 saturated carbocycles. The minimum atomic E-state index is 0.0758. The van der Waals surface area contributed by atoms with Crippen LogP contribution in [0, 0.1) is 12.8 Å². The van der Waals surface area contributed by atoms with E-state index < -0.39 is 0 Å². The summed E-state index contributed by atoms with van der Waals surface area (Å²) in [6.45, 7) is 5.83. The van der Waals surface area contributed by atoms with Crippen molar-refractivity contribution in [1.29, 1.82) is 0 Å². The lowest BCUT2D eigenvalue weighted by atomic mass is 9.95. The van der Waals surface area contributed by atoms with Crippen molar-refractivity contribution in [3.63, 3.8) is 0 Å². The quantitative estimate of drug-likeness (QED) is 0.644. The molecule has 1 aliphatic carbocycles. The number of carbonyl (C=O) groups excluding carboxylic acids is 1. The maximum Gasteiger partial charge on any atom is 0.226 e. The number of hydrogen-bond donors (Lipinski definition) is 1. The molecule has 1 saturated heterocycles. The van der Waals surface area contributed by atoms with Gasteiger partial charge in [0.05, 0.1) is 11.2 Å². The van der Waals surface area contributed by atoms with Gasteiger partial charge in [0, 0.05) is 41.7 Å². The van der Waals surface area contributed by atoms with Crippen LogP contribution in [-0.4, -0.2) is 35.0 Å². The maximum atomic E-state index is 12.8. The molecule has 2 aliphatic rings. The van der Waals surface area contributed by atoms with Gasteiger partial charge in [0.1, 0.15) is 0 Å². The molecule has 3 heterocycles. The van der Waals surface area contributed by atoms with E-state index in [0.29, 0.717) is 0 Å². The summed E-state index contributed by atoms with van der Waals surface area (Å²) in [4.78, 5) is 26.1. The van der Waals surface area contributed by atoms with Crippen molar-refractivity contribution in [2.75, 3.05) is 18.0 Å². The highest BCUT2D eigenvalue weighted by Crippen LogP contribution is 2.30. The van der Waals surface area contributed by atoms with Gasteiger partial charge in [0.25, 0.3) is 0 Å². The summed E-state index contributed by atoms with van der Waals surface area (Å²) in [7, 11) is 0. The van der Waals surface area contributed by atoms with Crippen molar-refractivity contribution in [2.45, 2.75) is 58.4 Å². The number of thiophene rings is 1. The van der Waals surface area contributed by atoms with Gasteiger partial charge in [-0.1, -0.05) is 6.07 Å². The molecule has 3 aromatic rings. The fourth-order valence-corrected chi connectivity index (χ4v) is 5.80. The van der Waals surface area contributed by atoms with Crippen molar-refractivity contribution >= 4 is 34.1 Å². The van der Waals surface area contributed by atoms with Gasteiger partial charge >= 0.3 is 0 Å². The fourth-order valence-electron chi connectivity index (χ4n) is 4.96. The SMILES string of the molecule is Cc1nc(N2CCC(C(=O)NC(C)Cc3cccs3)CC2)nc2cc3c(cc12)CCC3. The van der Waals surface area contributed by atoms with E-state index >= 15 is 0 Å². The van der Waals surface area contributed by atoms with E-state index in [1.54, 1.807) is 11.3 Å². The first kappa shape index (κ1) is 20.4. The zero-order valence-corrected chi connectivity index (χ0v) is 19.2. The number of amides is 1. The van der Waals surface area contributed by atoms with Gasteiger partial charge in [-0.15, -0.1) is 11.3 Å². The molecule has 0 bridgehead atoms. The van der Waals surface area contributed by atoms with Crippen molar-refractivity contribution in [1.82, 2.24) is 15.3 Å². The Balaban J connectivity index is 1.22. The zero-order chi connectivity index (χ0) is 21.4. The monoisotopic (exact) mass is 434 g/mol. The molecule has 1 amide bonds. The number of hydrogen-bond acceptors (Lipinski definition) is 5. The molecule has 31 heavy (non-hydrogen) atoms. The predicted molar refractivity (Wildman–Crippen MR) is 127 cm³/mol.